The average molecular weight is 215 g/mol. The van der Waals surface area contributed by atoms with Crippen LogP contribution >= 0.6 is 0 Å². The molecule has 1 aromatic carbocycles. The minimum atomic E-state index is -0.0864. The Morgan fingerprint density at radius 2 is 1.94 bits per heavy atom. The number of ketones is 1. The smallest absolute Gasteiger partial charge is 0.163 e. The molecule has 0 atom stereocenters. The first-order valence-electron chi connectivity index (χ1n) is 5.65. The zero-order chi connectivity index (χ0) is 11.6. The predicted octanol–water partition coefficient (Wildman–Crippen LogP) is 2.62. The Balaban J connectivity index is 2.23. The van der Waals surface area contributed by atoms with E-state index < -0.39 is 0 Å². The first-order valence-corrected chi connectivity index (χ1v) is 5.65. The van der Waals surface area contributed by atoms with E-state index in [1.54, 1.807) is 6.08 Å². The maximum atomic E-state index is 12.0. The molecule has 0 aliphatic heterocycles. The lowest BCUT2D eigenvalue weighted by atomic mass is 10.0. The van der Waals surface area contributed by atoms with Gasteiger partial charge in [-0.3, -0.25) is 4.79 Å². The molecule has 1 N–H and O–H groups in total. The van der Waals surface area contributed by atoms with Gasteiger partial charge in [-0.25, -0.2) is 0 Å². The summed E-state index contributed by atoms with van der Waals surface area (Å²) in [4.78, 5) is 12.0. The summed E-state index contributed by atoms with van der Waals surface area (Å²) in [7, 11) is 1.85. The van der Waals surface area contributed by atoms with E-state index in [2.05, 4.69) is 5.32 Å². The van der Waals surface area contributed by atoms with Crippen LogP contribution in [0.25, 0.3) is 5.70 Å². The summed E-state index contributed by atoms with van der Waals surface area (Å²) >= 11 is 0. The number of benzene rings is 1. The van der Waals surface area contributed by atoms with E-state index in [0.717, 1.165) is 24.1 Å². The highest BCUT2D eigenvalue weighted by molar-refractivity contribution is 6.01. The minimum Gasteiger partial charge on any atom is -0.388 e. The van der Waals surface area contributed by atoms with Crippen LogP contribution in [0.2, 0.25) is 0 Å². The molecule has 0 heterocycles. The second-order valence-electron chi connectivity index (χ2n) is 4.60. The SMILES string of the molecule is CN/C(=C\C(=O)C1(C)CC1)c1ccccc1. The molecule has 16 heavy (non-hydrogen) atoms. The van der Waals surface area contributed by atoms with Gasteiger partial charge in [0.1, 0.15) is 0 Å². The van der Waals surface area contributed by atoms with Gasteiger partial charge < -0.3 is 5.32 Å². The summed E-state index contributed by atoms with van der Waals surface area (Å²) < 4.78 is 0. The van der Waals surface area contributed by atoms with Crippen LogP contribution in [0.5, 0.6) is 0 Å². The Morgan fingerprint density at radius 1 is 1.31 bits per heavy atom. The highest BCUT2D eigenvalue weighted by Gasteiger charge is 2.43. The van der Waals surface area contributed by atoms with E-state index in [1.807, 2.05) is 44.3 Å². The van der Waals surface area contributed by atoms with Gasteiger partial charge in [0, 0.05) is 24.2 Å². The molecule has 0 bridgehead atoms. The van der Waals surface area contributed by atoms with Crippen LogP contribution < -0.4 is 5.32 Å². The molecule has 0 radical (unpaired) electrons. The second-order valence-corrected chi connectivity index (χ2v) is 4.60. The van der Waals surface area contributed by atoms with Gasteiger partial charge in [-0.2, -0.15) is 0 Å². The predicted molar refractivity (Wildman–Crippen MR) is 65.8 cm³/mol. The molecule has 1 saturated carbocycles. The molecule has 0 unspecified atom stereocenters. The molecule has 2 rings (SSSR count). The standard InChI is InChI=1S/C14H17NO/c1-14(8-9-14)13(16)10-12(15-2)11-6-4-3-5-7-11/h3-7,10,15H,8-9H2,1-2H3/b12-10-. The zero-order valence-corrected chi connectivity index (χ0v) is 9.79. The van der Waals surface area contributed by atoms with Crippen LogP contribution in [-0.4, -0.2) is 12.8 Å². The fraction of sp³-hybridized carbons (Fsp3) is 0.357. The van der Waals surface area contributed by atoms with Crippen LogP contribution in [-0.2, 0) is 4.79 Å². The van der Waals surface area contributed by atoms with Crippen LogP contribution in [0.15, 0.2) is 36.4 Å². The van der Waals surface area contributed by atoms with Crippen molar-refractivity contribution in [2.75, 3.05) is 7.05 Å². The number of hydrogen-bond acceptors (Lipinski definition) is 2. The van der Waals surface area contributed by atoms with Crippen molar-refractivity contribution < 1.29 is 4.79 Å². The first kappa shape index (κ1) is 10.9. The van der Waals surface area contributed by atoms with Gasteiger partial charge in [-0.1, -0.05) is 37.3 Å². The zero-order valence-electron chi connectivity index (χ0n) is 9.79. The summed E-state index contributed by atoms with van der Waals surface area (Å²) in [6, 6.07) is 9.93. The Morgan fingerprint density at radius 3 is 2.44 bits per heavy atom. The Hall–Kier alpha value is -1.57. The third-order valence-corrected chi connectivity index (χ3v) is 3.22. The quantitative estimate of drug-likeness (QED) is 0.782. The molecule has 0 amide bonds. The monoisotopic (exact) mass is 215 g/mol. The highest BCUT2D eigenvalue weighted by atomic mass is 16.1. The van der Waals surface area contributed by atoms with Crippen molar-refractivity contribution in [2.24, 2.45) is 5.41 Å². The van der Waals surface area contributed by atoms with E-state index in [0.29, 0.717) is 0 Å². The molecule has 2 heteroatoms. The van der Waals surface area contributed by atoms with E-state index in [-0.39, 0.29) is 11.2 Å². The molecule has 2 nitrogen and oxygen atoms in total. The first-order chi connectivity index (χ1) is 7.65. The topological polar surface area (TPSA) is 29.1 Å². The van der Waals surface area contributed by atoms with E-state index >= 15 is 0 Å². The third kappa shape index (κ3) is 2.16. The summed E-state index contributed by atoms with van der Waals surface area (Å²) in [6.45, 7) is 2.03. The van der Waals surface area contributed by atoms with Crippen molar-refractivity contribution in [1.82, 2.24) is 5.32 Å². The van der Waals surface area contributed by atoms with Crippen molar-refractivity contribution in [1.29, 1.82) is 0 Å². The fourth-order valence-electron chi connectivity index (χ4n) is 1.66. The largest absolute Gasteiger partial charge is 0.388 e. The lowest BCUT2D eigenvalue weighted by molar-refractivity contribution is -0.118. The second kappa shape index (κ2) is 4.12. The number of carbonyl (C=O) groups excluding carboxylic acids is 1. The molecule has 0 spiro atoms. The third-order valence-electron chi connectivity index (χ3n) is 3.22. The van der Waals surface area contributed by atoms with Crippen LogP contribution in [0.3, 0.4) is 0 Å². The van der Waals surface area contributed by atoms with Gasteiger partial charge in [-0.15, -0.1) is 0 Å². The van der Waals surface area contributed by atoms with Crippen LogP contribution in [0, 0.1) is 5.41 Å². The lowest BCUT2D eigenvalue weighted by Crippen LogP contribution is -2.13. The molecular weight excluding hydrogens is 198 g/mol. The van der Waals surface area contributed by atoms with Gasteiger partial charge in [-0.05, 0) is 18.4 Å². The number of allylic oxidation sites excluding steroid dienone is 1. The molecular formula is C14H17NO. The van der Waals surface area contributed by atoms with Crippen LogP contribution in [0.4, 0.5) is 0 Å². The summed E-state index contributed by atoms with van der Waals surface area (Å²) in [6.07, 6.45) is 3.78. The Kier molecular flexibility index (Phi) is 2.82. The van der Waals surface area contributed by atoms with Crippen molar-refractivity contribution in [3.63, 3.8) is 0 Å². The average Bonchev–Trinajstić information content (AvgIpc) is 3.06. The fourth-order valence-corrected chi connectivity index (χ4v) is 1.66. The van der Waals surface area contributed by atoms with Gasteiger partial charge in [0.2, 0.25) is 0 Å². The van der Waals surface area contributed by atoms with Gasteiger partial charge in [0.05, 0.1) is 0 Å². The molecule has 1 fully saturated rings. The normalized spacial score (nSPS) is 18.0. The van der Waals surface area contributed by atoms with E-state index in [1.165, 1.54) is 0 Å². The number of hydrogen-bond donors (Lipinski definition) is 1. The lowest BCUT2D eigenvalue weighted by Gasteiger charge is -2.08. The Labute approximate surface area is 96.4 Å². The van der Waals surface area contributed by atoms with E-state index in [9.17, 15) is 4.79 Å². The summed E-state index contributed by atoms with van der Waals surface area (Å²) in [5.41, 5.74) is 1.87. The molecule has 1 aliphatic carbocycles. The molecule has 0 saturated heterocycles. The minimum absolute atomic E-state index is 0.0864. The maximum Gasteiger partial charge on any atom is 0.163 e. The molecule has 1 aromatic rings. The van der Waals surface area contributed by atoms with Gasteiger partial charge >= 0.3 is 0 Å². The Bertz CT molecular complexity index is 416. The van der Waals surface area contributed by atoms with E-state index in [4.69, 9.17) is 0 Å². The van der Waals surface area contributed by atoms with Crippen molar-refractivity contribution >= 4 is 11.5 Å². The number of nitrogens with one attached hydrogen (secondary N) is 1. The van der Waals surface area contributed by atoms with Gasteiger partial charge in [0.25, 0.3) is 0 Å². The van der Waals surface area contributed by atoms with Gasteiger partial charge in [0.15, 0.2) is 5.78 Å². The van der Waals surface area contributed by atoms with Crippen molar-refractivity contribution in [2.45, 2.75) is 19.8 Å². The number of rotatable bonds is 4. The van der Waals surface area contributed by atoms with Crippen molar-refractivity contribution in [3.8, 4) is 0 Å². The summed E-state index contributed by atoms with van der Waals surface area (Å²) in [5.74, 6) is 0.237. The molecule has 84 valence electrons. The van der Waals surface area contributed by atoms with Crippen LogP contribution in [0.1, 0.15) is 25.3 Å². The maximum absolute atomic E-state index is 12.0. The molecule has 1 aliphatic rings. The number of carbonyl (C=O) groups is 1. The molecule has 0 aromatic heterocycles. The van der Waals surface area contributed by atoms with Crippen molar-refractivity contribution in [3.05, 3.63) is 42.0 Å². The highest BCUT2D eigenvalue weighted by Crippen LogP contribution is 2.46. The summed E-state index contributed by atoms with van der Waals surface area (Å²) in [5, 5.41) is 3.09.